The van der Waals surface area contributed by atoms with Gasteiger partial charge in [0.25, 0.3) is 0 Å². The average molecular weight is 168 g/mol. The van der Waals surface area contributed by atoms with Gasteiger partial charge in [0.2, 0.25) is 0 Å². The molecule has 0 aliphatic heterocycles. The zero-order valence-electron chi connectivity index (χ0n) is 7.71. The minimum Gasteiger partial charge on any atom is -0.478 e. The number of hydrogen-bond acceptors (Lipinski definition) is 1. The first-order valence-electron chi connectivity index (χ1n) is 4.24. The van der Waals surface area contributed by atoms with Crippen molar-refractivity contribution < 1.29 is 9.90 Å². The second-order valence-electron chi connectivity index (χ2n) is 2.77. The maximum absolute atomic E-state index is 10.2. The van der Waals surface area contributed by atoms with Gasteiger partial charge < -0.3 is 5.11 Å². The molecule has 2 heteroatoms. The number of carboxylic acid groups (broad SMARTS) is 1. The third-order valence-electron chi connectivity index (χ3n) is 1.46. The van der Waals surface area contributed by atoms with Gasteiger partial charge in [0, 0.05) is 6.08 Å². The number of unbranched alkanes of at least 4 members (excludes halogenated alkanes) is 2. The topological polar surface area (TPSA) is 37.3 Å². The molecule has 0 aliphatic rings. The van der Waals surface area contributed by atoms with Crippen molar-refractivity contribution in [3.8, 4) is 0 Å². The lowest BCUT2D eigenvalue weighted by Gasteiger charge is -1.90. The summed E-state index contributed by atoms with van der Waals surface area (Å²) in [6.07, 6.45) is 8.44. The Bertz CT molecular complexity index is 190. The molecule has 1 N–H and O–H groups in total. The maximum atomic E-state index is 10.2. The first kappa shape index (κ1) is 11.0. The first-order valence-corrected chi connectivity index (χ1v) is 4.24. The van der Waals surface area contributed by atoms with Crippen LogP contribution in [0.2, 0.25) is 0 Å². The third-order valence-corrected chi connectivity index (χ3v) is 1.46. The fourth-order valence-corrected chi connectivity index (χ4v) is 0.834. The lowest BCUT2D eigenvalue weighted by atomic mass is 10.2. The van der Waals surface area contributed by atoms with E-state index in [1.54, 1.807) is 6.92 Å². The standard InChI is InChI=1S/C10H16O2/c1-3-4-5-6-7-9(2)8-10(11)12/h6-8H,3-5H2,1-2H3,(H,11,12). The molecule has 0 saturated carbocycles. The zero-order chi connectivity index (χ0) is 9.40. The van der Waals surface area contributed by atoms with Crippen molar-refractivity contribution in [1.29, 1.82) is 0 Å². The molecule has 0 saturated heterocycles. The smallest absolute Gasteiger partial charge is 0.328 e. The van der Waals surface area contributed by atoms with Crippen molar-refractivity contribution in [2.24, 2.45) is 0 Å². The Hall–Kier alpha value is -1.05. The van der Waals surface area contributed by atoms with Crippen molar-refractivity contribution in [3.05, 3.63) is 23.8 Å². The summed E-state index contributed by atoms with van der Waals surface area (Å²) in [5.74, 6) is -0.882. The second-order valence-corrected chi connectivity index (χ2v) is 2.77. The summed E-state index contributed by atoms with van der Waals surface area (Å²) in [6, 6.07) is 0. The van der Waals surface area contributed by atoms with E-state index in [1.165, 1.54) is 12.5 Å². The van der Waals surface area contributed by atoms with Crippen LogP contribution in [0.3, 0.4) is 0 Å². The number of carboxylic acids is 1. The maximum Gasteiger partial charge on any atom is 0.328 e. The molecular formula is C10H16O2. The van der Waals surface area contributed by atoms with E-state index in [-0.39, 0.29) is 0 Å². The summed E-state index contributed by atoms with van der Waals surface area (Å²) in [6.45, 7) is 3.92. The molecule has 0 heterocycles. The molecule has 0 unspecified atom stereocenters. The second kappa shape index (κ2) is 6.65. The van der Waals surface area contributed by atoms with Crippen LogP contribution in [0.5, 0.6) is 0 Å². The number of carbonyl (C=O) groups is 1. The van der Waals surface area contributed by atoms with Crippen LogP contribution < -0.4 is 0 Å². The Morgan fingerprint density at radius 1 is 1.50 bits per heavy atom. The highest BCUT2D eigenvalue weighted by atomic mass is 16.4. The summed E-state index contributed by atoms with van der Waals surface area (Å²) in [4.78, 5) is 10.2. The van der Waals surface area contributed by atoms with Crippen LogP contribution in [-0.4, -0.2) is 11.1 Å². The average Bonchev–Trinajstić information content (AvgIpc) is 1.97. The summed E-state index contributed by atoms with van der Waals surface area (Å²) in [5.41, 5.74) is 0.790. The normalized spacial score (nSPS) is 12.3. The number of hydrogen-bond donors (Lipinski definition) is 1. The van der Waals surface area contributed by atoms with Gasteiger partial charge >= 0.3 is 5.97 Å². The highest BCUT2D eigenvalue weighted by Gasteiger charge is 1.88. The molecule has 0 rings (SSSR count). The van der Waals surface area contributed by atoms with E-state index in [9.17, 15) is 4.79 Å². The fraction of sp³-hybridized carbons (Fsp3) is 0.500. The fourth-order valence-electron chi connectivity index (χ4n) is 0.834. The van der Waals surface area contributed by atoms with Crippen molar-refractivity contribution in [2.75, 3.05) is 0 Å². The van der Waals surface area contributed by atoms with E-state index in [4.69, 9.17) is 5.11 Å². The Labute approximate surface area is 73.6 Å². The predicted molar refractivity (Wildman–Crippen MR) is 50.1 cm³/mol. The van der Waals surface area contributed by atoms with E-state index >= 15 is 0 Å². The molecule has 0 aromatic rings. The van der Waals surface area contributed by atoms with Crippen molar-refractivity contribution in [1.82, 2.24) is 0 Å². The summed E-state index contributed by atoms with van der Waals surface area (Å²) in [7, 11) is 0. The van der Waals surface area contributed by atoms with E-state index in [0.717, 1.165) is 18.4 Å². The van der Waals surface area contributed by atoms with Crippen LogP contribution in [-0.2, 0) is 4.79 Å². The SMILES string of the molecule is CCCCC=CC(C)=CC(=O)O. The van der Waals surface area contributed by atoms with E-state index < -0.39 is 5.97 Å². The summed E-state index contributed by atoms with van der Waals surface area (Å²) < 4.78 is 0. The molecule has 0 spiro atoms. The molecule has 0 aromatic heterocycles. The van der Waals surface area contributed by atoms with E-state index in [0.29, 0.717) is 0 Å². The largest absolute Gasteiger partial charge is 0.478 e. The molecule has 0 atom stereocenters. The van der Waals surface area contributed by atoms with Crippen LogP contribution in [0.25, 0.3) is 0 Å². The van der Waals surface area contributed by atoms with Crippen LogP contribution >= 0.6 is 0 Å². The lowest BCUT2D eigenvalue weighted by molar-refractivity contribution is -0.131. The number of rotatable bonds is 5. The Balaban J connectivity index is 3.74. The van der Waals surface area contributed by atoms with Crippen molar-refractivity contribution in [3.63, 3.8) is 0 Å². The lowest BCUT2D eigenvalue weighted by Crippen LogP contribution is -1.87. The minimum absolute atomic E-state index is 0.790. The Morgan fingerprint density at radius 2 is 2.17 bits per heavy atom. The molecular weight excluding hydrogens is 152 g/mol. The molecule has 0 aliphatic carbocycles. The Morgan fingerprint density at radius 3 is 2.67 bits per heavy atom. The van der Waals surface area contributed by atoms with Crippen LogP contribution in [0.1, 0.15) is 33.1 Å². The molecule has 2 nitrogen and oxygen atoms in total. The van der Waals surface area contributed by atoms with Crippen LogP contribution in [0, 0.1) is 0 Å². The molecule has 0 aromatic carbocycles. The van der Waals surface area contributed by atoms with Crippen molar-refractivity contribution >= 4 is 5.97 Å². The van der Waals surface area contributed by atoms with Gasteiger partial charge in [-0.15, -0.1) is 0 Å². The molecule has 0 radical (unpaired) electrons. The van der Waals surface area contributed by atoms with Gasteiger partial charge in [-0.3, -0.25) is 0 Å². The summed E-state index contributed by atoms with van der Waals surface area (Å²) >= 11 is 0. The number of allylic oxidation sites excluding steroid dienone is 3. The van der Waals surface area contributed by atoms with Gasteiger partial charge in [-0.05, 0) is 18.9 Å². The highest BCUT2D eigenvalue weighted by Crippen LogP contribution is 1.99. The summed E-state index contributed by atoms with van der Waals surface area (Å²) in [5, 5.41) is 8.38. The van der Waals surface area contributed by atoms with Gasteiger partial charge in [-0.25, -0.2) is 4.79 Å². The van der Waals surface area contributed by atoms with Gasteiger partial charge in [0.1, 0.15) is 0 Å². The Kier molecular flexibility index (Phi) is 6.07. The highest BCUT2D eigenvalue weighted by molar-refractivity contribution is 5.81. The molecule has 0 bridgehead atoms. The molecule has 12 heavy (non-hydrogen) atoms. The van der Waals surface area contributed by atoms with Crippen molar-refractivity contribution in [2.45, 2.75) is 33.1 Å². The quantitative estimate of drug-likeness (QED) is 0.389. The monoisotopic (exact) mass is 168 g/mol. The predicted octanol–water partition coefficient (Wildman–Crippen LogP) is 2.76. The molecule has 0 amide bonds. The zero-order valence-corrected chi connectivity index (χ0v) is 7.71. The van der Waals surface area contributed by atoms with Crippen LogP contribution in [0.4, 0.5) is 0 Å². The van der Waals surface area contributed by atoms with Gasteiger partial charge in [-0.2, -0.15) is 0 Å². The third kappa shape index (κ3) is 7.06. The number of aliphatic carboxylic acids is 1. The van der Waals surface area contributed by atoms with E-state index in [2.05, 4.69) is 6.92 Å². The van der Waals surface area contributed by atoms with E-state index in [1.807, 2.05) is 12.2 Å². The molecule has 68 valence electrons. The van der Waals surface area contributed by atoms with Gasteiger partial charge in [0.15, 0.2) is 0 Å². The molecule has 0 fully saturated rings. The van der Waals surface area contributed by atoms with Gasteiger partial charge in [0.05, 0.1) is 0 Å². The van der Waals surface area contributed by atoms with Crippen LogP contribution in [0.15, 0.2) is 23.8 Å². The minimum atomic E-state index is -0.882. The van der Waals surface area contributed by atoms with Gasteiger partial charge in [-0.1, -0.05) is 31.9 Å². The first-order chi connectivity index (χ1) is 5.66.